The summed E-state index contributed by atoms with van der Waals surface area (Å²) in [6.45, 7) is 7.24. The molecule has 2 aromatic carbocycles. The summed E-state index contributed by atoms with van der Waals surface area (Å²) in [6, 6.07) is 18.8. The van der Waals surface area contributed by atoms with Crippen LogP contribution in [0, 0.1) is 40.4 Å². The fourth-order valence-electron chi connectivity index (χ4n) is 9.44. The van der Waals surface area contributed by atoms with E-state index in [2.05, 4.69) is 20.8 Å². The van der Waals surface area contributed by atoms with Crippen LogP contribution in [0.25, 0.3) is 0 Å². The second-order valence-corrected chi connectivity index (χ2v) is 13.3. The lowest BCUT2D eigenvalue weighted by Gasteiger charge is -2.61. The van der Waals surface area contributed by atoms with E-state index in [-0.39, 0.29) is 35.0 Å². The van der Waals surface area contributed by atoms with E-state index in [1.807, 2.05) is 60.7 Å². The molecular weight excluding hydrogens is 472 g/mol. The third-order valence-corrected chi connectivity index (χ3v) is 11.4. The maximum Gasteiger partial charge on any atom is 0.338 e. The van der Waals surface area contributed by atoms with Crippen LogP contribution in [0.3, 0.4) is 0 Å². The lowest BCUT2D eigenvalue weighted by Crippen LogP contribution is -2.56. The number of rotatable bonds is 4. The molecule has 4 heteroatoms. The van der Waals surface area contributed by atoms with Gasteiger partial charge in [0.05, 0.1) is 11.1 Å². The summed E-state index contributed by atoms with van der Waals surface area (Å²) >= 11 is 0. The highest BCUT2D eigenvalue weighted by Gasteiger charge is 2.62. The molecule has 4 nitrogen and oxygen atoms in total. The SMILES string of the molecule is C[C@@H]1C[C@@]2(C)[C@H](CC[C@H]3[C@H]4CC[C@H](OC(=O)c5ccccc5)[C@@]4(C)CC[C@@H]32)C[C@H]1OC(=O)c1ccccc1. The van der Waals surface area contributed by atoms with Crippen LogP contribution in [0.1, 0.15) is 92.9 Å². The van der Waals surface area contributed by atoms with Crippen molar-refractivity contribution in [3.63, 3.8) is 0 Å². The quantitative estimate of drug-likeness (QED) is 0.392. The minimum atomic E-state index is -0.185. The van der Waals surface area contributed by atoms with Gasteiger partial charge in [-0.25, -0.2) is 9.59 Å². The first-order chi connectivity index (χ1) is 18.3. The molecule has 202 valence electrons. The van der Waals surface area contributed by atoms with Gasteiger partial charge >= 0.3 is 11.9 Å². The van der Waals surface area contributed by atoms with E-state index >= 15 is 0 Å². The van der Waals surface area contributed by atoms with Crippen LogP contribution in [-0.2, 0) is 9.47 Å². The van der Waals surface area contributed by atoms with Crippen LogP contribution in [0.2, 0.25) is 0 Å². The third kappa shape index (κ3) is 4.28. The number of hydrogen-bond donors (Lipinski definition) is 0. The molecule has 4 aliphatic carbocycles. The van der Waals surface area contributed by atoms with Crippen LogP contribution in [0.5, 0.6) is 0 Å². The van der Waals surface area contributed by atoms with Gasteiger partial charge in [-0.2, -0.15) is 0 Å². The van der Waals surface area contributed by atoms with E-state index in [1.54, 1.807) is 0 Å². The van der Waals surface area contributed by atoms with Crippen molar-refractivity contribution >= 4 is 11.9 Å². The van der Waals surface area contributed by atoms with Crippen LogP contribution in [0.4, 0.5) is 0 Å². The topological polar surface area (TPSA) is 52.6 Å². The Bertz CT molecular complexity index is 1160. The number of esters is 2. The Morgan fingerprint density at radius 2 is 1.34 bits per heavy atom. The lowest BCUT2D eigenvalue weighted by atomic mass is 9.44. The number of hydrogen-bond acceptors (Lipinski definition) is 4. The van der Waals surface area contributed by atoms with Gasteiger partial charge in [-0.3, -0.25) is 0 Å². The molecule has 0 aliphatic heterocycles. The van der Waals surface area contributed by atoms with Crippen molar-refractivity contribution in [1.82, 2.24) is 0 Å². The summed E-state index contributed by atoms with van der Waals surface area (Å²) in [5.74, 6) is 2.63. The van der Waals surface area contributed by atoms with Crippen LogP contribution in [0.15, 0.2) is 60.7 Å². The summed E-state index contributed by atoms with van der Waals surface area (Å²) in [6.07, 6.45) is 9.08. The number of carbonyl (C=O) groups is 2. The average molecular weight is 515 g/mol. The summed E-state index contributed by atoms with van der Waals surface area (Å²) in [4.78, 5) is 25.7. The molecular formula is C34H42O4. The molecule has 0 heterocycles. The summed E-state index contributed by atoms with van der Waals surface area (Å²) in [5, 5.41) is 0. The first-order valence-electron chi connectivity index (χ1n) is 14.8. The van der Waals surface area contributed by atoms with Crippen molar-refractivity contribution in [2.75, 3.05) is 0 Å². The minimum Gasteiger partial charge on any atom is -0.458 e. The Labute approximate surface area is 227 Å². The highest BCUT2D eigenvalue weighted by atomic mass is 16.5. The van der Waals surface area contributed by atoms with Crippen LogP contribution in [-0.4, -0.2) is 24.1 Å². The zero-order chi connectivity index (χ0) is 26.5. The molecule has 0 unspecified atom stereocenters. The van der Waals surface area contributed by atoms with Gasteiger partial charge in [-0.05, 0) is 111 Å². The first kappa shape index (κ1) is 25.6. The van der Waals surface area contributed by atoms with Gasteiger partial charge in [0.15, 0.2) is 0 Å². The molecule has 38 heavy (non-hydrogen) atoms. The summed E-state index contributed by atoms with van der Waals surface area (Å²) in [5.41, 5.74) is 1.66. The fourth-order valence-corrected chi connectivity index (χ4v) is 9.44. The molecule has 4 saturated carbocycles. The van der Waals surface area contributed by atoms with Gasteiger partial charge in [0.25, 0.3) is 0 Å². The molecule has 4 fully saturated rings. The predicted octanol–water partition coefficient (Wildman–Crippen LogP) is 7.73. The standard InChI is InChI=1S/C34H42O4/c1-22-21-34(3)25(20-29(22)37-31(35)23-10-6-4-7-11-23)14-15-26-27-16-17-30(33(27,2)19-18-28(26)34)38-32(36)24-12-8-5-9-13-24/h4-13,22,25-30H,14-21H2,1-3H3/t22-,25-,26+,27-,28+,29-,30+,33+,34+/m1/s1. The molecule has 9 atom stereocenters. The monoisotopic (exact) mass is 514 g/mol. The second-order valence-electron chi connectivity index (χ2n) is 13.3. The van der Waals surface area contributed by atoms with E-state index in [4.69, 9.17) is 9.47 Å². The molecule has 0 radical (unpaired) electrons. The fraction of sp³-hybridized carbons (Fsp3) is 0.588. The summed E-state index contributed by atoms with van der Waals surface area (Å²) in [7, 11) is 0. The Kier molecular flexibility index (Phi) is 6.64. The Morgan fingerprint density at radius 3 is 2.00 bits per heavy atom. The maximum atomic E-state index is 12.9. The molecule has 0 saturated heterocycles. The highest BCUT2D eigenvalue weighted by Crippen LogP contribution is 2.67. The predicted molar refractivity (Wildman–Crippen MR) is 148 cm³/mol. The summed E-state index contributed by atoms with van der Waals surface area (Å²) < 4.78 is 12.3. The van der Waals surface area contributed by atoms with E-state index < -0.39 is 0 Å². The Morgan fingerprint density at radius 1 is 0.737 bits per heavy atom. The van der Waals surface area contributed by atoms with Crippen molar-refractivity contribution in [3.05, 3.63) is 71.8 Å². The molecule has 0 N–H and O–H groups in total. The highest BCUT2D eigenvalue weighted by molar-refractivity contribution is 5.90. The van der Waals surface area contributed by atoms with Gasteiger partial charge < -0.3 is 9.47 Å². The number of ether oxygens (including phenoxy) is 2. The molecule has 2 aromatic rings. The zero-order valence-corrected chi connectivity index (χ0v) is 23.1. The minimum absolute atomic E-state index is 0.000512. The van der Waals surface area contributed by atoms with E-state index in [0.29, 0.717) is 40.7 Å². The van der Waals surface area contributed by atoms with Crippen molar-refractivity contribution in [2.45, 2.75) is 84.3 Å². The normalized spacial score (nSPS) is 39.8. The largest absolute Gasteiger partial charge is 0.458 e. The van der Waals surface area contributed by atoms with Gasteiger partial charge in [0.1, 0.15) is 12.2 Å². The smallest absolute Gasteiger partial charge is 0.338 e. The van der Waals surface area contributed by atoms with Crippen molar-refractivity contribution in [2.24, 2.45) is 40.4 Å². The third-order valence-electron chi connectivity index (χ3n) is 11.4. The van der Waals surface area contributed by atoms with Gasteiger partial charge in [0, 0.05) is 5.41 Å². The molecule has 0 spiro atoms. The van der Waals surface area contributed by atoms with E-state index in [9.17, 15) is 9.59 Å². The molecule has 0 aromatic heterocycles. The Balaban J connectivity index is 1.14. The first-order valence-corrected chi connectivity index (χ1v) is 14.8. The van der Waals surface area contributed by atoms with Crippen molar-refractivity contribution < 1.29 is 19.1 Å². The van der Waals surface area contributed by atoms with E-state index in [1.165, 1.54) is 19.3 Å². The maximum absolute atomic E-state index is 12.9. The zero-order valence-electron chi connectivity index (χ0n) is 23.1. The molecule has 0 bridgehead atoms. The van der Waals surface area contributed by atoms with Gasteiger partial charge in [0.2, 0.25) is 0 Å². The number of carbonyl (C=O) groups excluding carboxylic acids is 2. The van der Waals surface area contributed by atoms with E-state index in [0.717, 1.165) is 32.1 Å². The Hall–Kier alpha value is -2.62. The average Bonchev–Trinajstić information content (AvgIpc) is 3.26. The number of benzene rings is 2. The van der Waals surface area contributed by atoms with Crippen LogP contribution >= 0.6 is 0 Å². The molecule has 6 rings (SSSR count). The number of fused-ring (bicyclic) bond motifs is 5. The van der Waals surface area contributed by atoms with Crippen molar-refractivity contribution in [1.29, 1.82) is 0 Å². The van der Waals surface area contributed by atoms with Crippen LogP contribution < -0.4 is 0 Å². The van der Waals surface area contributed by atoms with Gasteiger partial charge in [-0.15, -0.1) is 0 Å². The second kappa shape index (κ2) is 9.84. The molecule has 4 aliphatic rings. The lowest BCUT2D eigenvalue weighted by molar-refractivity contribution is -0.147. The molecule has 0 amide bonds. The van der Waals surface area contributed by atoms with Gasteiger partial charge in [-0.1, -0.05) is 57.2 Å². The van der Waals surface area contributed by atoms with Crippen molar-refractivity contribution in [3.8, 4) is 0 Å².